The number of hydrogen-bond donors (Lipinski definition) is 0. The molecular weight excluding hydrogens is 155 g/mol. The smallest absolute Gasteiger partial charge is 0.302 e. The van der Waals surface area contributed by atoms with E-state index in [-0.39, 0.29) is 12.0 Å². The summed E-state index contributed by atoms with van der Waals surface area (Å²) < 4.78 is 35.9. The molecule has 0 bridgehead atoms. The molecule has 0 aromatic rings. The van der Waals surface area contributed by atoms with E-state index < -0.39 is 6.18 Å². The largest absolute Gasteiger partial charge is 0.412 e. The van der Waals surface area contributed by atoms with Crippen LogP contribution in [0.25, 0.3) is 0 Å². The molecule has 0 N–H and O–H groups in total. The van der Waals surface area contributed by atoms with E-state index in [0.717, 1.165) is 0 Å². The van der Waals surface area contributed by atoms with Gasteiger partial charge in [0.1, 0.15) is 0 Å². The summed E-state index contributed by atoms with van der Waals surface area (Å²) in [6.45, 7) is 0.917. The third kappa shape index (κ3) is 2.22. The van der Waals surface area contributed by atoms with Crippen molar-refractivity contribution in [1.29, 1.82) is 0 Å². The molecule has 1 aliphatic heterocycles. The highest BCUT2D eigenvalue weighted by molar-refractivity contribution is 5.12. The molecule has 1 nitrogen and oxygen atoms in total. The number of hydrogen-bond acceptors (Lipinski definition) is 1. The highest BCUT2D eigenvalue weighted by Gasteiger charge is 2.34. The van der Waals surface area contributed by atoms with E-state index in [0.29, 0.717) is 13.1 Å². The molecule has 1 aliphatic rings. The Hall–Kier alpha value is -0.510. The lowest BCUT2D eigenvalue weighted by Crippen LogP contribution is -2.28. The van der Waals surface area contributed by atoms with E-state index in [4.69, 9.17) is 0 Å². The lowest BCUT2D eigenvalue weighted by atomic mass is 10.1. The van der Waals surface area contributed by atoms with E-state index >= 15 is 0 Å². The second kappa shape index (κ2) is 2.85. The van der Waals surface area contributed by atoms with Crippen molar-refractivity contribution in [3.63, 3.8) is 0 Å². The van der Waals surface area contributed by atoms with Crippen LogP contribution in [0.15, 0.2) is 11.6 Å². The molecular formula is C7H10F3N. The maximum Gasteiger partial charge on any atom is 0.412 e. The van der Waals surface area contributed by atoms with Crippen molar-refractivity contribution in [2.45, 2.75) is 12.6 Å². The van der Waals surface area contributed by atoms with E-state index in [1.54, 1.807) is 0 Å². The fourth-order valence-corrected chi connectivity index (χ4v) is 1.03. The summed E-state index contributed by atoms with van der Waals surface area (Å²) in [7, 11) is 1.81. The second-order valence-corrected chi connectivity index (χ2v) is 2.74. The predicted molar refractivity (Wildman–Crippen MR) is 36.3 cm³/mol. The minimum Gasteiger partial charge on any atom is -0.302 e. The first-order chi connectivity index (χ1) is 5.00. The number of halogens is 3. The average molecular weight is 165 g/mol. The Morgan fingerprint density at radius 3 is 2.45 bits per heavy atom. The van der Waals surface area contributed by atoms with Crippen LogP contribution >= 0.6 is 0 Å². The molecule has 0 amide bonds. The predicted octanol–water partition coefficient (Wildman–Crippen LogP) is 1.81. The van der Waals surface area contributed by atoms with E-state index in [9.17, 15) is 13.2 Å². The Morgan fingerprint density at radius 1 is 1.45 bits per heavy atom. The van der Waals surface area contributed by atoms with Crippen LogP contribution in [0.2, 0.25) is 0 Å². The lowest BCUT2D eigenvalue weighted by molar-refractivity contribution is -0.0957. The maximum atomic E-state index is 12.0. The number of alkyl halides is 3. The monoisotopic (exact) mass is 165 g/mol. The highest BCUT2D eigenvalue weighted by Crippen LogP contribution is 2.29. The zero-order valence-corrected chi connectivity index (χ0v) is 6.28. The molecule has 1 rings (SSSR count). The SMILES string of the molecule is CN1CC=C(C(F)(F)F)CC1. The topological polar surface area (TPSA) is 3.24 Å². The summed E-state index contributed by atoms with van der Waals surface area (Å²) in [5.74, 6) is 0. The summed E-state index contributed by atoms with van der Waals surface area (Å²) in [5, 5.41) is 0. The van der Waals surface area contributed by atoms with Gasteiger partial charge in [0.2, 0.25) is 0 Å². The zero-order chi connectivity index (χ0) is 8.48. The van der Waals surface area contributed by atoms with Gasteiger partial charge in [-0.3, -0.25) is 0 Å². The number of rotatable bonds is 0. The summed E-state index contributed by atoms with van der Waals surface area (Å²) in [4.78, 5) is 1.86. The van der Waals surface area contributed by atoms with E-state index in [2.05, 4.69) is 0 Å². The first kappa shape index (κ1) is 8.59. The van der Waals surface area contributed by atoms with Crippen LogP contribution in [0.1, 0.15) is 6.42 Å². The fourth-order valence-electron chi connectivity index (χ4n) is 1.03. The molecule has 0 fully saturated rings. The standard InChI is InChI=1S/C7H10F3N/c1-11-4-2-6(3-5-11)7(8,9)10/h2H,3-5H2,1H3. The molecule has 0 unspecified atom stereocenters. The van der Waals surface area contributed by atoms with Crippen LogP contribution in [-0.4, -0.2) is 31.2 Å². The minimum absolute atomic E-state index is 0.125. The molecule has 0 aromatic carbocycles. The lowest BCUT2D eigenvalue weighted by Gasteiger charge is -2.22. The van der Waals surface area contributed by atoms with Crippen LogP contribution < -0.4 is 0 Å². The second-order valence-electron chi connectivity index (χ2n) is 2.74. The van der Waals surface area contributed by atoms with Crippen molar-refractivity contribution in [1.82, 2.24) is 4.90 Å². The maximum absolute atomic E-state index is 12.0. The van der Waals surface area contributed by atoms with Crippen LogP contribution in [0, 0.1) is 0 Å². The van der Waals surface area contributed by atoms with Gasteiger partial charge in [0.25, 0.3) is 0 Å². The van der Waals surface area contributed by atoms with E-state index in [1.165, 1.54) is 6.08 Å². The Labute approximate surface area is 63.5 Å². The van der Waals surface area contributed by atoms with Gasteiger partial charge in [-0.1, -0.05) is 6.08 Å². The quantitative estimate of drug-likeness (QED) is 0.495. The van der Waals surface area contributed by atoms with E-state index in [1.807, 2.05) is 11.9 Å². The van der Waals surface area contributed by atoms with Gasteiger partial charge in [-0.2, -0.15) is 13.2 Å². The van der Waals surface area contributed by atoms with Gasteiger partial charge in [0.15, 0.2) is 0 Å². The Balaban J connectivity index is 2.62. The number of nitrogens with zero attached hydrogens (tertiary/aromatic N) is 1. The zero-order valence-electron chi connectivity index (χ0n) is 6.28. The van der Waals surface area contributed by atoms with Crippen LogP contribution in [0.4, 0.5) is 13.2 Å². The molecule has 0 aliphatic carbocycles. The molecule has 11 heavy (non-hydrogen) atoms. The fraction of sp³-hybridized carbons (Fsp3) is 0.714. The van der Waals surface area contributed by atoms with Crippen molar-refractivity contribution in [3.8, 4) is 0 Å². The molecule has 64 valence electrons. The highest BCUT2D eigenvalue weighted by atomic mass is 19.4. The van der Waals surface area contributed by atoms with Crippen molar-refractivity contribution in [3.05, 3.63) is 11.6 Å². The van der Waals surface area contributed by atoms with Gasteiger partial charge in [0.05, 0.1) is 0 Å². The third-order valence-electron chi connectivity index (χ3n) is 1.78. The molecule has 0 aromatic heterocycles. The van der Waals surface area contributed by atoms with Crippen LogP contribution in [0.3, 0.4) is 0 Å². The van der Waals surface area contributed by atoms with Crippen molar-refractivity contribution in [2.75, 3.05) is 20.1 Å². The Morgan fingerprint density at radius 2 is 2.09 bits per heavy atom. The van der Waals surface area contributed by atoms with Gasteiger partial charge in [-0.15, -0.1) is 0 Å². The third-order valence-corrected chi connectivity index (χ3v) is 1.78. The van der Waals surface area contributed by atoms with Gasteiger partial charge in [-0.25, -0.2) is 0 Å². The van der Waals surface area contributed by atoms with Gasteiger partial charge in [0, 0.05) is 18.7 Å². The summed E-state index contributed by atoms with van der Waals surface area (Å²) in [5.41, 5.74) is -0.379. The normalized spacial score (nSPS) is 21.6. The Bertz CT molecular complexity index is 171. The van der Waals surface area contributed by atoms with Crippen LogP contribution in [-0.2, 0) is 0 Å². The Kier molecular flexibility index (Phi) is 2.23. The summed E-state index contributed by atoms with van der Waals surface area (Å²) >= 11 is 0. The van der Waals surface area contributed by atoms with Gasteiger partial charge < -0.3 is 4.90 Å². The average Bonchev–Trinajstić information content (AvgIpc) is 1.86. The summed E-state index contributed by atoms with van der Waals surface area (Å²) in [6.07, 6.45) is -2.73. The first-order valence-corrected chi connectivity index (χ1v) is 3.45. The molecule has 4 heteroatoms. The molecule has 0 spiro atoms. The number of likely N-dealkylation sites (N-methyl/N-ethyl adjacent to an activating group) is 1. The van der Waals surface area contributed by atoms with Crippen LogP contribution in [0.5, 0.6) is 0 Å². The first-order valence-electron chi connectivity index (χ1n) is 3.45. The minimum atomic E-state index is -4.11. The molecule has 0 saturated heterocycles. The molecule has 1 heterocycles. The molecule has 0 radical (unpaired) electrons. The van der Waals surface area contributed by atoms with Gasteiger partial charge >= 0.3 is 6.18 Å². The summed E-state index contributed by atoms with van der Waals surface area (Å²) in [6, 6.07) is 0. The van der Waals surface area contributed by atoms with Crippen molar-refractivity contribution < 1.29 is 13.2 Å². The van der Waals surface area contributed by atoms with Crippen molar-refractivity contribution >= 4 is 0 Å². The molecule has 0 atom stereocenters. The van der Waals surface area contributed by atoms with Gasteiger partial charge in [-0.05, 0) is 13.5 Å². The molecule has 0 saturated carbocycles. The van der Waals surface area contributed by atoms with Crippen molar-refractivity contribution in [2.24, 2.45) is 0 Å².